The standard InChI is InChI=1S/C14H19N3O2/c18-9-13(7-12-8-15-10-17-12)16-6-5-11-3-1-2-4-14(11)19/h1-4,8,10,13,16,18-19H,5-7,9H2,(H,15,17)/t13-/m0/s1. The minimum atomic E-state index is -0.00805. The van der Waals surface area contributed by atoms with Crippen LogP contribution in [0.1, 0.15) is 11.3 Å². The summed E-state index contributed by atoms with van der Waals surface area (Å²) in [7, 11) is 0. The van der Waals surface area contributed by atoms with E-state index in [0.29, 0.717) is 18.7 Å². The van der Waals surface area contributed by atoms with Gasteiger partial charge in [0.1, 0.15) is 5.75 Å². The van der Waals surface area contributed by atoms with Crippen molar-refractivity contribution in [3.63, 3.8) is 0 Å². The summed E-state index contributed by atoms with van der Waals surface area (Å²) in [5.41, 5.74) is 1.90. The Kier molecular flexibility index (Phi) is 4.94. The summed E-state index contributed by atoms with van der Waals surface area (Å²) in [5, 5.41) is 22.3. The molecule has 1 aromatic heterocycles. The molecule has 0 aliphatic heterocycles. The number of nitrogens with zero attached hydrogens (tertiary/aromatic N) is 1. The fourth-order valence-corrected chi connectivity index (χ4v) is 2.00. The van der Waals surface area contributed by atoms with Crippen molar-refractivity contribution in [1.29, 1.82) is 0 Å². The number of aromatic hydroxyl groups is 1. The topological polar surface area (TPSA) is 81.2 Å². The van der Waals surface area contributed by atoms with Crippen molar-refractivity contribution in [2.75, 3.05) is 13.2 Å². The molecule has 0 radical (unpaired) electrons. The van der Waals surface area contributed by atoms with Gasteiger partial charge in [0.15, 0.2) is 0 Å². The highest BCUT2D eigenvalue weighted by molar-refractivity contribution is 5.31. The van der Waals surface area contributed by atoms with Gasteiger partial charge in [0.2, 0.25) is 0 Å². The maximum absolute atomic E-state index is 9.65. The van der Waals surface area contributed by atoms with E-state index in [1.54, 1.807) is 24.7 Å². The minimum Gasteiger partial charge on any atom is -0.508 e. The monoisotopic (exact) mass is 261 g/mol. The molecule has 19 heavy (non-hydrogen) atoms. The van der Waals surface area contributed by atoms with Gasteiger partial charge in [0, 0.05) is 24.4 Å². The molecule has 2 rings (SSSR count). The molecule has 4 N–H and O–H groups in total. The summed E-state index contributed by atoms with van der Waals surface area (Å²) in [6, 6.07) is 7.29. The Balaban J connectivity index is 1.79. The quantitative estimate of drug-likeness (QED) is 0.595. The number of aromatic nitrogens is 2. The zero-order valence-corrected chi connectivity index (χ0v) is 10.7. The highest BCUT2D eigenvalue weighted by Crippen LogP contribution is 2.15. The average molecular weight is 261 g/mol. The third-order valence-electron chi connectivity index (χ3n) is 3.06. The molecular formula is C14H19N3O2. The first-order valence-electron chi connectivity index (χ1n) is 6.38. The summed E-state index contributed by atoms with van der Waals surface area (Å²) in [5.74, 6) is 0.318. The van der Waals surface area contributed by atoms with Gasteiger partial charge in [-0.25, -0.2) is 4.98 Å². The Morgan fingerprint density at radius 2 is 2.16 bits per heavy atom. The Hall–Kier alpha value is -1.85. The van der Waals surface area contributed by atoms with Gasteiger partial charge in [0.05, 0.1) is 12.9 Å². The van der Waals surface area contributed by atoms with E-state index in [4.69, 9.17) is 0 Å². The number of aromatic amines is 1. The van der Waals surface area contributed by atoms with Crippen LogP contribution in [0.2, 0.25) is 0 Å². The molecular weight excluding hydrogens is 242 g/mol. The predicted octanol–water partition coefficient (Wildman–Crippen LogP) is 0.851. The second kappa shape index (κ2) is 6.92. The number of aliphatic hydroxyl groups is 1. The van der Waals surface area contributed by atoms with E-state index in [2.05, 4.69) is 15.3 Å². The molecule has 0 fully saturated rings. The number of phenolic OH excluding ortho intramolecular Hbond substituents is 1. The van der Waals surface area contributed by atoms with E-state index >= 15 is 0 Å². The lowest BCUT2D eigenvalue weighted by atomic mass is 10.1. The number of imidazole rings is 1. The van der Waals surface area contributed by atoms with Gasteiger partial charge in [-0.2, -0.15) is 0 Å². The minimum absolute atomic E-state index is 0.00805. The van der Waals surface area contributed by atoms with Gasteiger partial charge in [-0.05, 0) is 24.6 Å². The van der Waals surface area contributed by atoms with E-state index < -0.39 is 0 Å². The zero-order valence-electron chi connectivity index (χ0n) is 10.7. The molecule has 0 saturated carbocycles. The molecule has 1 aromatic carbocycles. The first-order valence-corrected chi connectivity index (χ1v) is 6.38. The molecule has 5 nitrogen and oxygen atoms in total. The van der Waals surface area contributed by atoms with Crippen LogP contribution in [-0.2, 0) is 12.8 Å². The molecule has 5 heteroatoms. The van der Waals surface area contributed by atoms with Crippen LogP contribution < -0.4 is 5.32 Å². The number of para-hydroxylation sites is 1. The molecule has 0 saturated heterocycles. The first kappa shape index (κ1) is 13.6. The molecule has 1 atom stereocenters. The average Bonchev–Trinajstić information content (AvgIpc) is 2.92. The lowest BCUT2D eigenvalue weighted by Crippen LogP contribution is -2.36. The largest absolute Gasteiger partial charge is 0.508 e. The number of benzene rings is 1. The number of rotatable bonds is 7. The van der Waals surface area contributed by atoms with Crippen LogP contribution in [0.5, 0.6) is 5.75 Å². The molecule has 0 aliphatic rings. The predicted molar refractivity (Wildman–Crippen MR) is 73.0 cm³/mol. The summed E-state index contributed by atoms with van der Waals surface area (Å²) in [6.45, 7) is 0.775. The van der Waals surface area contributed by atoms with Gasteiger partial charge in [-0.1, -0.05) is 18.2 Å². The van der Waals surface area contributed by atoms with Crippen molar-refractivity contribution in [2.45, 2.75) is 18.9 Å². The highest BCUT2D eigenvalue weighted by Gasteiger charge is 2.09. The van der Waals surface area contributed by atoms with E-state index in [-0.39, 0.29) is 12.6 Å². The Morgan fingerprint density at radius 1 is 1.32 bits per heavy atom. The van der Waals surface area contributed by atoms with Gasteiger partial charge >= 0.3 is 0 Å². The number of nitrogens with one attached hydrogen (secondary N) is 2. The number of phenols is 1. The molecule has 0 aliphatic carbocycles. The van der Waals surface area contributed by atoms with Crippen LogP contribution in [0.25, 0.3) is 0 Å². The number of H-pyrrole nitrogens is 1. The van der Waals surface area contributed by atoms with Crippen molar-refractivity contribution < 1.29 is 10.2 Å². The van der Waals surface area contributed by atoms with Crippen molar-refractivity contribution >= 4 is 0 Å². The number of hydrogen-bond donors (Lipinski definition) is 4. The maximum Gasteiger partial charge on any atom is 0.118 e. The summed E-state index contributed by atoms with van der Waals surface area (Å²) in [6.07, 6.45) is 4.82. The van der Waals surface area contributed by atoms with Gasteiger partial charge in [-0.15, -0.1) is 0 Å². The van der Waals surface area contributed by atoms with Crippen LogP contribution in [0.15, 0.2) is 36.8 Å². The zero-order chi connectivity index (χ0) is 13.5. The van der Waals surface area contributed by atoms with Crippen molar-refractivity contribution in [3.05, 3.63) is 48.0 Å². The lowest BCUT2D eigenvalue weighted by Gasteiger charge is -2.15. The molecule has 0 unspecified atom stereocenters. The second-order valence-corrected chi connectivity index (χ2v) is 4.49. The van der Waals surface area contributed by atoms with E-state index in [9.17, 15) is 10.2 Å². The van der Waals surface area contributed by atoms with Crippen LogP contribution >= 0.6 is 0 Å². The second-order valence-electron chi connectivity index (χ2n) is 4.49. The fraction of sp³-hybridized carbons (Fsp3) is 0.357. The van der Waals surface area contributed by atoms with E-state index in [1.807, 2.05) is 12.1 Å². The third-order valence-corrected chi connectivity index (χ3v) is 3.06. The Bertz CT molecular complexity index is 485. The number of hydrogen-bond acceptors (Lipinski definition) is 4. The summed E-state index contributed by atoms with van der Waals surface area (Å²) < 4.78 is 0. The molecule has 102 valence electrons. The normalized spacial score (nSPS) is 12.5. The van der Waals surface area contributed by atoms with Crippen molar-refractivity contribution in [3.8, 4) is 5.75 Å². The van der Waals surface area contributed by atoms with E-state index in [1.165, 1.54) is 0 Å². The Labute approximate surface area is 112 Å². The fourth-order valence-electron chi connectivity index (χ4n) is 2.00. The first-order chi connectivity index (χ1) is 9.29. The van der Waals surface area contributed by atoms with Crippen LogP contribution in [0.4, 0.5) is 0 Å². The van der Waals surface area contributed by atoms with Gasteiger partial charge < -0.3 is 20.5 Å². The molecule has 1 heterocycles. The van der Waals surface area contributed by atoms with Crippen molar-refractivity contribution in [2.24, 2.45) is 0 Å². The smallest absolute Gasteiger partial charge is 0.118 e. The molecule has 0 amide bonds. The Morgan fingerprint density at radius 3 is 2.84 bits per heavy atom. The molecule has 0 spiro atoms. The molecule has 0 bridgehead atoms. The van der Waals surface area contributed by atoms with E-state index in [0.717, 1.165) is 17.7 Å². The molecule has 2 aromatic rings. The van der Waals surface area contributed by atoms with Gasteiger partial charge in [0.25, 0.3) is 0 Å². The third kappa shape index (κ3) is 4.08. The maximum atomic E-state index is 9.65. The number of aliphatic hydroxyl groups excluding tert-OH is 1. The summed E-state index contributed by atoms with van der Waals surface area (Å²) >= 11 is 0. The van der Waals surface area contributed by atoms with Crippen molar-refractivity contribution in [1.82, 2.24) is 15.3 Å². The van der Waals surface area contributed by atoms with Crippen LogP contribution in [0, 0.1) is 0 Å². The lowest BCUT2D eigenvalue weighted by molar-refractivity contribution is 0.241. The van der Waals surface area contributed by atoms with Crippen LogP contribution in [-0.4, -0.2) is 39.4 Å². The highest BCUT2D eigenvalue weighted by atomic mass is 16.3. The summed E-state index contributed by atoms with van der Waals surface area (Å²) in [4.78, 5) is 6.97. The SMILES string of the molecule is OC[C@H](Cc1cnc[nH]1)NCCc1ccccc1O. The van der Waals surface area contributed by atoms with Crippen LogP contribution in [0.3, 0.4) is 0 Å². The van der Waals surface area contributed by atoms with Gasteiger partial charge in [-0.3, -0.25) is 0 Å².